The average Bonchev–Trinajstić information content (AvgIpc) is 2.92. The number of amides is 2. The van der Waals surface area contributed by atoms with Gasteiger partial charge < -0.3 is 15.1 Å². The Labute approximate surface area is 136 Å². The van der Waals surface area contributed by atoms with Crippen molar-refractivity contribution in [3.8, 4) is 0 Å². The number of urea groups is 1. The van der Waals surface area contributed by atoms with Crippen molar-refractivity contribution in [2.24, 2.45) is 0 Å². The topological polar surface area (TPSA) is 64.3 Å². The SMILES string of the molecule is Cc1n[nH]c(C)c1N1CCN(C(=O)NCc2ccccc2)CC1. The van der Waals surface area contributed by atoms with Crippen LogP contribution in [0.1, 0.15) is 17.0 Å². The largest absolute Gasteiger partial charge is 0.365 e. The molecule has 0 spiro atoms. The van der Waals surface area contributed by atoms with E-state index in [4.69, 9.17) is 0 Å². The Bertz CT molecular complexity index is 639. The summed E-state index contributed by atoms with van der Waals surface area (Å²) in [5.74, 6) is 0. The Balaban J connectivity index is 1.51. The zero-order valence-electron chi connectivity index (χ0n) is 13.7. The molecule has 6 heteroatoms. The van der Waals surface area contributed by atoms with E-state index in [1.165, 1.54) is 5.69 Å². The molecule has 0 aliphatic carbocycles. The number of aromatic nitrogens is 2. The summed E-state index contributed by atoms with van der Waals surface area (Å²) in [6, 6.07) is 9.98. The van der Waals surface area contributed by atoms with Crippen LogP contribution < -0.4 is 10.2 Å². The minimum Gasteiger partial charge on any atom is -0.365 e. The Kier molecular flexibility index (Phi) is 4.50. The number of H-pyrrole nitrogens is 1. The molecule has 1 aliphatic heterocycles. The third-order valence-corrected chi connectivity index (χ3v) is 4.26. The van der Waals surface area contributed by atoms with Crippen molar-refractivity contribution in [1.29, 1.82) is 0 Å². The molecule has 0 radical (unpaired) electrons. The highest BCUT2D eigenvalue weighted by Gasteiger charge is 2.23. The second-order valence-electron chi connectivity index (χ2n) is 5.90. The van der Waals surface area contributed by atoms with E-state index in [1.807, 2.05) is 49.1 Å². The maximum absolute atomic E-state index is 12.3. The molecule has 2 N–H and O–H groups in total. The van der Waals surface area contributed by atoms with Gasteiger partial charge in [0.15, 0.2) is 0 Å². The number of nitrogens with one attached hydrogen (secondary N) is 2. The summed E-state index contributed by atoms with van der Waals surface area (Å²) in [4.78, 5) is 16.5. The molecular formula is C17H23N5O. The van der Waals surface area contributed by atoms with Gasteiger partial charge in [0.05, 0.1) is 17.1 Å². The quantitative estimate of drug-likeness (QED) is 0.911. The fraction of sp³-hybridized carbons (Fsp3) is 0.412. The first kappa shape index (κ1) is 15.4. The van der Waals surface area contributed by atoms with Crippen LogP contribution in [0.2, 0.25) is 0 Å². The number of aryl methyl sites for hydroxylation is 2. The second-order valence-corrected chi connectivity index (χ2v) is 5.90. The van der Waals surface area contributed by atoms with Crippen LogP contribution in [0.5, 0.6) is 0 Å². The van der Waals surface area contributed by atoms with Crippen LogP contribution in [-0.2, 0) is 6.54 Å². The summed E-state index contributed by atoms with van der Waals surface area (Å²) >= 11 is 0. The summed E-state index contributed by atoms with van der Waals surface area (Å²) in [5.41, 5.74) is 4.40. The van der Waals surface area contributed by atoms with Gasteiger partial charge in [-0.25, -0.2) is 4.79 Å². The van der Waals surface area contributed by atoms with Crippen LogP contribution in [0, 0.1) is 13.8 Å². The molecule has 2 amide bonds. The number of benzene rings is 1. The molecule has 122 valence electrons. The van der Waals surface area contributed by atoms with Gasteiger partial charge in [-0.05, 0) is 19.4 Å². The number of nitrogens with zero attached hydrogens (tertiary/aromatic N) is 3. The highest BCUT2D eigenvalue weighted by molar-refractivity contribution is 5.74. The first-order valence-corrected chi connectivity index (χ1v) is 7.98. The smallest absolute Gasteiger partial charge is 0.317 e. The predicted molar refractivity (Wildman–Crippen MR) is 90.5 cm³/mol. The van der Waals surface area contributed by atoms with Crippen LogP contribution in [0.25, 0.3) is 0 Å². The van der Waals surface area contributed by atoms with E-state index in [9.17, 15) is 4.79 Å². The minimum absolute atomic E-state index is 0.00846. The summed E-state index contributed by atoms with van der Waals surface area (Å²) < 4.78 is 0. The number of carbonyl (C=O) groups is 1. The molecule has 1 aromatic heterocycles. The van der Waals surface area contributed by atoms with E-state index >= 15 is 0 Å². The van der Waals surface area contributed by atoms with E-state index in [0.29, 0.717) is 6.54 Å². The highest BCUT2D eigenvalue weighted by Crippen LogP contribution is 2.23. The van der Waals surface area contributed by atoms with E-state index in [1.54, 1.807) is 0 Å². The van der Waals surface area contributed by atoms with Crippen molar-refractivity contribution in [2.45, 2.75) is 20.4 Å². The molecule has 23 heavy (non-hydrogen) atoms. The first-order valence-electron chi connectivity index (χ1n) is 7.98. The summed E-state index contributed by atoms with van der Waals surface area (Å²) in [6.07, 6.45) is 0. The van der Waals surface area contributed by atoms with Gasteiger partial charge in [-0.2, -0.15) is 5.10 Å². The molecule has 0 unspecified atom stereocenters. The van der Waals surface area contributed by atoms with E-state index in [-0.39, 0.29) is 6.03 Å². The molecule has 0 saturated carbocycles. The lowest BCUT2D eigenvalue weighted by molar-refractivity contribution is 0.194. The Morgan fingerprint density at radius 1 is 1.17 bits per heavy atom. The van der Waals surface area contributed by atoms with E-state index < -0.39 is 0 Å². The number of anilines is 1. The summed E-state index contributed by atoms with van der Waals surface area (Å²) in [6.45, 7) is 7.74. The Morgan fingerprint density at radius 2 is 1.87 bits per heavy atom. The summed E-state index contributed by atoms with van der Waals surface area (Å²) in [7, 11) is 0. The third-order valence-electron chi connectivity index (χ3n) is 4.26. The van der Waals surface area contributed by atoms with Crippen LogP contribution in [0.15, 0.2) is 30.3 Å². The monoisotopic (exact) mass is 313 g/mol. The molecule has 1 saturated heterocycles. The molecule has 0 atom stereocenters. The van der Waals surface area contributed by atoms with Crippen LogP contribution >= 0.6 is 0 Å². The van der Waals surface area contributed by atoms with Crippen molar-refractivity contribution in [3.05, 3.63) is 47.3 Å². The lowest BCUT2D eigenvalue weighted by atomic mass is 10.2. The van der Waals surface area contributed by atoms with Gasteiger partial charge in [0.1, 0.15) is 0 Å². The van der Waals surface area contributed by atoms with Crippen molar-refractivity contribution < 1.29 is 4.79 Å². The number of rotatable bonds is 3. The molecule has 1 aromatic carbocycles. The van der Waals surface area contributed by atoms with Gasteiger partial charge in [0.2, 0.25) is 0 Å². The maximum Gasteiger partial charge on any atom is 0.317 e. The molecule has 0 bridgehead atoms. The van der Waals surface area contributed by atoms with Crippen molar-refractivity contribution >= 4 is 11.7 Å². The zero-order chi connectivity index (χ0) is 16.2. The Morgan fingerprint density at radius 3 is 2.48 bits per heavy atom. The number of hydrogen-bond donors (Lipinski definition) is 2. The van der Waals surface area contributed by atoms with Crippen molar-refractivity contribution in [1.82, 2.24) is 20.4 Å². The van der Waals surface area contributed by atoms with Gasteiger partial charge in [-0.15, -0.1) is 0 Å². The number of aromatic amines is 1. The van der Waals surface area contributed by atoms with E-state index in [0.717, 1.165) is 43.1 Å². The van der Waals surface area contributed by atoms with Crippen LogP contribution in [0.4, 0.5) is 10.5 Å². The second kappa shape index (κ2) is 6.73. The minimum atomic E-state index is 0.00846. The highest BCUT2D eigenvalue weighted by atomic mass is 16.2. The zero-order valence-corrected chi connectivity index (χ0v) is 13.7. The van der Waals surface area contributed by atoms with Crippen LogP contribution in [-0.4, -0.2) is 47.3 Å². The Hall–Kier alpha value is -2.50. The predicted octanol–water partition coefficient (Wildman–Crippen LogP) is 2.06. The number of carbonyl (C=O) groups excluding carboxylic acids is 1. The fourth-order valence-corrected chi connectivity index (χ4v) is 3.03. The molecular weight excluding hydrogens is 290 g/mol. The van der Waals surface area contributed by atoms with Crippen molar-refractivity contribution in [2.75, 3.05) is 31.1 Å². The van der Waals surface area contributed by atoms with Gasteiger partial charge in [-0.1, -0.05) is 30.3 Å². The maximum atomic E-state index is 12.3. The molecule has 6 nitrogen and oxygen atoms in total. The third kappa shape index (κ3) is 3.47. The van der Waals surface area contributed by atoms with Gasteiger partial charge in [0, 0.05) is 32.7 Å². The van der Waals surface area contributed by atoms with Gasteiger partial charge in [0.25, 0.3) is 0 Å². The lowest BCUT2D eigenvalue weighted by Crippen LogP contribution is -2.51. The first-order chi connectivity index (χ1) is 11.1. The fourth-order valence-electron chi connectivity index (χ4n) is 3.03. The number of hydrogen-bond acceptors (Lipinski definition) is 3. The number of piperazine rings is 1. The normalized spacial score (nSPS) is 14.9. The van der Waals surface area contributed by atoms with Gasteiger partial charge in [-0.3, -0.25) is 5.10 Å². The van der Waals surface area contributed by atoms with Gasteiger partial charge >= 0.3 is 6.03 Å². The summed E-state index contributed by atoms with van der Waals surface area (Å²) in [5, 5.41) is 10.3. The standard InChI is InChI=1S/C17H23N5O/c1-13-16(14(2)20-19-13)21-8-10-22(11-9-21)17(23)18-12-15-6-4-3-5-7-15/h3-7H,8-12H2,1-2H3,(H,18,23)(H,19,20). The molecule has 1 fully saturated rings. The molecule has 1 aliphatic rings. The molecule has 2 heterocycles. The average molecular weight is 313 g/mol. The lowest BCUT2D eigenvalue weighted by Gasteiger charge is -2.36. The molecule has 3 rings (SSSR count). The molecule has 2 aromatic rings. The van der Waals surface area contributed by atoms with E-state index in [2.05, 4.69) is 20.4 Å². The van der Waals surface area contributed by atoms with Crippen LogP contribution in [0.3, 0.4) is 0 Å². The van der Waals surface area contributed by atoms with Crippen molar-refractivity contribution in [3.63, 3.8) is 0 Å².